The maximum absolute atomic E-state index is 11.2. The van der Waals surface area contributed by atoms with Gasteiger partial charge in [-0.3, -0.25) is 4.79 Å². The summed E-state index contributed by atoms with van der Waals surface area (Å²) < 4.78 is 5.24. The minimum atomic E-state index is -0.534. The SMILES string of the molecule is Cc1ccc(/C=C/C(=O)NCC(C)O)o1. The van der Waals surface area contributed by atoms with Crippen LogP contribution in [0.2, 0.25) is 0 Å². The van der Waals surface area contributed by atoms with E-state index in [0.29, 0.717) is 5.76 Å². The minimum Gasteiger partial charge on any atom is -0.462 e. The molecule has 0 saturated carbocycles. The number of amides is 1. The Hall–Kier alpha value is -1.55. The molecule has 82 valence electrons. The number of aryl methyl sites for hydroxylation is 1. The maximum atomic E-state index is 11.2. The number of carbonyl (C=O) groups excluding carboxylic acids is 1. The van der Waals surface area contributed by atoms with Crippen LogP contribution in [0.4, 0.5) is 0 Å². The van der Waals surface area contributed by atoms with E-state index in [1.54, 1.807) is 19.1 Å². The van der Waals surface area contributed by atoms with Crippen LogP contribution >= 0.6 is 0 Å². The Balaban J connectivity index is 2.40. The predicted molar refractivity (Wildman–Crippen MR) is 57.2 cm³/mol. The van der Waals surface area contributed by atoms with Crippen molar-refractivity contribution < 1.29 is 14.3 Å². The van der Waals surface area contributed by atoms with Crippen LogP contribution < -0.4 is 5.32 Å². The normalized spacial score (nSPS) is 13.0. The molecule has 0 bridgehead atoms. The highest BCUT2D eigenvalue weighted by molar-refractivity contribution is 5.91. The summed E-state index contributed by atoms with van der Waals surface area (Å²) in [4.78, 5) is 11.2. The van der Waals surface area contributed by atoms with E-state index in [2.05, 4.69) is 5.32 Å². The van der Waals surface area contributed by atoms with Crippen molar-refractivity contribution in [3.8, 4) is 0 Å². The average molecular weight is 209 g/mol. The van der Waals surface area contributed by atoms with Crippen molar-refractivity contribution in [3.63, 3.8) is 0 Å². The summed E-state index contributed by atoms with van der Waals surface area (Å²) in [6.07, 6.45) is 2.43. The molecule has 0 aliphatic carbocycles. The second kappa shape index (κ2) is 5.36. The summed E-state index contributed by atoms with van der Waals surface area (Å²) in [5.74, 6) is 1.20. The summed E-state index contributed by atoms with van der Waals surface area (Å²) in [5.41, 5.74) is 0. The van der Waals surface area contributed by atoms with E-state index in [-0.39, 0.29) is 12.5 Å². The lowest BCUT2D eigenvalue weighted by molar-refractivity contribution is -0.116. The van der Waals surface area contributed by atoms with Gasteiger partial charge in [0.05, 0.1) is 6.10 Å². The monoisotopic (exact) mass is 209 g/mol. The lowest BCUT2D eigenvalue weighted by Gasteiger charge is -2.03. The maximum Gasteiger partial charge on any atom is 0.244 e. The lowest BCUT2D eigenvalue weighted by atomic mass is 10.3. The molecule has 0 aliphatic rings. The Morgan fingerprint density at radius 1 is 1.67 bits per heavy atom. The van der Waals surface area contributed by atoms with E-state index in [9.17, 15) is 4.79 Å². The topological polar surface area (TPSA) is 62.5 Å². The molecular formula is C11H15NO3. The van der Waals surface area contributed by atoms with Gasteiger partial charge in [0.15, 0.2) is 0 Å². The molecule has 4 nitrogen and oxygen atoms in total. The fraction of sp³-hybridized carbons (Fsp3) is 0.364. The molecule has 2 N–H and O–H groups in total. The molecule has 1 amide bonds. The molecule has 1 heterocycles. The van der Waals surface area contributed by atoms with Crippen LogP contribution in [0.1, 0.15) is 18.4 Å². The summed E-state index contributed by atoms with van der Waals surface area (Å²) in [6, 6.07) is 3.61. The first-order chi connectivity index (χ1) is 7.08. The van der Waals surface area contributed by atoms with Crippen LogP contribution in [0.15, 0.2) is 22.6 Å². The van der Waals surface area contributed by atoms with Crippen LogP contribution in [0.3, 0.4) is 0 Å². The van der Waals surface area contributed by atoms with Crippen LogP contribution in [0.25, 0.3) is 6.08 Å². The van der Waals surface area contributed by atoms with Crippen LogP contribution in [0.5, 0.6) is 0 Å². The molecule has 1 rings (SSSR count). The summed E-state index contributed by atoms with van der Waals surface area (Å²) in [6.45, 7) is 3.70. The number of furan rings is 1. The van der Waals surface area contributed by atoms with Crippen molar-refractivity contribution in [3.05, 3.63) is 29.7 Å². The highest BCUT2D eigenvalue weighted by Gasteiger charge is 1.99. The van der Waals surface area contributed by atoms with Crippen molar-refractivity contribution in [2.75, 3.05) is 6.54 Å². The number of hydrogen-bond donors (Lipinski definition) is 2. The van der Waals surface area contributed by atoms with E-state index in [0.717, 1.165) is 5.76 Å². The van der Waals surface area contributed by atoms with Gasteiger partial charge in [0.2, 0.25) is 5.91 Å². The number of hydrogen-bond acceptors (Lipinski definition) is 3. The molecule has 0 aromatic carbocycles. The second-order valence-corrected chi connectivity index (χ2v) is 3.38. The lowest BCUT2D eigenvalue weighted by Crippen LogP contribution is -2.28. The summed E-state index contributed by atoms with van der Waals surface area (Å²) >= 11 is 0. The number of nitrogens with one attached hydrogen (secondary N) is 1. The van der Waals surface area contributed by atoms with Gasteiger partial charge >= 0.3 is 0 Å². The Morgan fingerprint density at radius 2 is 2.40 bits per heavy atom. The summed E-state index contributed by atoms with van der Waals surface area (Å²) in [7, 11) is 0. The van der Waals surface area contributed by atoms with Crippen molar-refractivity contribution in [1.29, 1.82) is 0 Å². The minimum absolute atomic E-state index is 0.245. The van der Waals surface area contributed by atoms with Crippen molar-refractivity contribution >= 4 is 12.0 Å². The molecule has 1 aromatic heterocycles. The molecule has 1 atom stereocenters. The third kappa shape index (κ3) is 4.46. The molecule has 4 heteroatoms. The number of aliphatic hydroxyl groups is 1. The predicted octanol–water partition coefficient (Wildman–Crippen LogP) is 1.10. The second-order valence-electron chi connectivity index (χ2n) is 3.38. The van der Waals surface area contributed by atoms with Crippen LogP contribution in [-0.2, 0) is 4.79 Å². The van der Waals surface area contributed by atoms with Gasteiger partial charge in [0, 0.05) is 12.6 Å². The molecule has 0 radical (unpaired) electrons. The number of rotatable bonds is 4. The van der Waals surface area contributed by atoms with Gasteiger partial charge < -0.3 is 14.8 Å². The fourth-order valence-corrected chi connectivity index (χ4v) is 1.01. The zero-order chi connectivity index (χ0) is 11.3. The van der Waals surface area contributed by atoms with Gasteiger partial charge in [0.25, 0.3) is 0 Å². The Morgan fingerprint density at radius 3 is 2.93 bits per heavy atom. The third-order valence-electron chi connectivity index (χ3n) is 1.73. The van der Waals surface area contributed by atoms with E-state index >= 15 is 0 Å². The van der Waals surface area contributed by atoms with Crippen molar-refractivity contribution in [2.24, 2.45) is 0 Å². The molecule has 1 aromatic rings. The quantitative estimate of drug-likeness (QED) is 0.730. The van der Waals surface area contributed by atoms with Crippen LogP contribution in [0, 0.1) is 6.92 Å². The smallest absolute Gasteiger partial charge is 0.244 e. The zero-order valence-corrected chi connectivity index (χ0v) is 8.86. The Bertz CT molecular complexity index is 352. The first-order valence-electron chi connectivity index (χ1n) is 4.78. The molecule has 0 aliphatic heterocycles. The molecular weight excluding hydrogens is 194 g/mol. The van der Waals surface area contributed by atoms with E-state index in [1.165, 1.54) is 6.08 Å². The highest BCUT2D eigenvalue weighted by Crippen LogP contribution is 2.07. The fourth-order valence-electron chi connectivity index (χ4n) is 1.01. The van der Waals surface area contributed by atoms with Crippen molar-refractivity contribution in [1.82, 2.24) is 5.32 Å². The van der Waals surface area contributed by atoms with Gasteiger partial charge in [-0.2, -0.15) is 0 Å². The van der Waals surface area contributed by atoms with E-state index < -0.39 is 6.10 Å². The zero-order valence-electron chi connectivity index (χ0n) is 8.86. The number of carbonyl (C=O) groups is 1. The van der Waals surface area contributed by atoms with Crippen LogP contribution in [-0.4, -0.2) is 23.7 Å². The van der Waals surface area contributed by atoms with Gasteiger partial charge in [-0.25, -0.2) is 0 Å². The molecule has 0 spiro atoms. The Labute approximate surface area is 88.6 Å². The van der Waals surface area contributed by atoms with Crippen molar-refractivity contribution in [2.45, 2.75) is 20.0 Å². The third-order valence-corrected chi connectivity index (χ3v) is 1.73. The first-order valence-corrected chi connectivity index (χ1v) is 4.78. The first kappa shape index (κ1) is 11.5. The Kier molecular flexibility index (Phi) is 4.12. The van der Waals surface area contributed by atoms with E-state index in [1.807, 2.05) is 13.0 Å². The number of aliphatic hydroxyl groups excluding tert-OH is 1. The average Bonchev–Trinajstić information content (AvgIpc) is 2.58. The molecule has 15 heavy (non-hydrogen) atoms. The molecule has 0 fully saturated rings. The van der Waals surface area contributed by atoms with Gasteiger partial charge in [-0.15, -0.1) is 0 Å². The highest BCUT2D eigenvalue weighted by atomic mass is 16.3. The largest absolute Gasteiger partial charge is 0.462 e. The van der Waals surface area contributed by atoms with Gasteiger partial charge in [-0.1, -0.05) is 0 Å². The molecule has 0 saturated heterocycles. The standard InChI is InChI=1S/C11H15NO3/c1-8(13)7-12-11(14)6-5-10-4-3-9(2)15-10/h3-6,8,13H,7H2,1-2H3,(H,12,14)/b6-5+. The van der Waals surface area contributed by atoms with E-state index in [4.69, 9.17) is 9.52 Å². The molecule has 1 unspecified atom stereocenters. The van der Waals surface area contributed by atoms with Gasteiger partial charge in [0.1, 0.15) is 11.5 Å². The summed E-state index contributed by atoms with van der Waals surface area (Å²) in [5, 5.41) is 11.5. The van der Waals surface area contributed by atoms with Gasteiger partial charge in [-0.05, 0) is 32.1 Å².